The van der Waals surface area contributed by atoms with E-state index in [1.165, 1.54) is 25.7 Å². The normalized spacial score (nSPS) is 41.6. The van der Waals surface area contributed by atoms with Crippen LogP contribution in [0.2, 0.25) is 0 Å². The molecule has 14 heavy (non-hydrogen) atoms. The molecule has 0 N–H and O–H groups in total. The molecule has 82 valence electrons. The summed E-state index contributed by atoms with van der Waals surface area (Å²) < 4.78 is 0. The van der Waals surface area contributed by atoms with Crippen LogP contribution in [0.15, 0.2) is 0 Å². The van der Waals surface area contributed by atoms with Crippen LogP contribution in [0, 0.1) is 29.1 Å². The zero-order valence-electron chi connectivity index (χ0n) is 10.3. The Labute approximate surface area is 89.5 Å². The van der Waals surface area contributed by atoms with Gasteiger partial charge in [-0.1, -0.05) is 40.5 Å². The highest BCUT2D eigenvalue weighted by molar-refractivity contribution is 5.03. The first kappa shape index (κ1) is 10.5. The van der Waals surface area contributed by atoms with Gasteiger partial charge in [-0.2, -0.15) is 0 Å². The summed E-state index contributed by atoms with van der Waals surface area (Å²) in [7, 11) is 0. The first-order valence-corrected chi connectivity index (χ1v) is 6.57. The van der Waals surface area contributed by atoms with Crippen LogP contribution in [0.1, 0.15) is 59.8 Å². The molecule has 4 unspecified atom stereocenters. The molecule has 0 spiro atoms. The van der Waals surface area contributed by atoms with Crippen LogP contribution >= 0.6 is 0 Å². The molecule has 0 saturated heterocycles. The molecule has 3 fully saturated rings. The summed E-state index contributed by atoms with van der Waals surface area (Å²) in [5.41, 5.74) is 0.685. The fourth-order valence-corrected chi connectivity index (χ4v) is 4.22. The largest absolute Gasteiger partial charge is 0.0654 e. The maximum atomic E-state index is 2.51. The van der Waals surface area contributed by atoms with Gasteiger partial charge in [0.15, 0.2) is 0 Å². The summed E-state index contributed by atoms with van der Waals surface area (Å²) in [6.45, 7) is 9.84. The van der Waals surface area contributed by atoms with Crippen LogP contribution in [0.5, 0.6) is 0 Å². The summed E-state index contributed by atoms with van der Waals surface area (Å²) in [4.78, 5) is 0. The molecule has 3 aliphatic rings. The van der Waals surface area contributed by atoms with Crippen molar-refractivity contribution in [1.29, 1.82) is 0 Å². The van der Waals surface area contributed by atoms with E-state index in [2.05, 4.69) is 27.7 Å². The molecule has 0 radical (unpaired) electrons. The molecular weight excluding hydrogens is 168 g/mol. The highest BCUT2D eigenvalue weighted by Gasteiger charge is 2.54. The SMILES string of the molecule is CCCC(C)C1CCC2CC1C2(C)C. The first-order chi connectivity index (χ1) is 6.57. The monoisotopic (exact) mass is 194 g/mol. The zero-order chi connectivity index (χ0) is 10.3. The minimum atomic E-state index is 0.685. The Kier molecular flexibility index (Phi) is 2.66. The van der Waals surface area contributed by atoms with Gasteiger partial charge in [-0.3, -0.25) is 0 Å². The fraction of sp³-hybridized carbons (Fsp3) is 1.00. The van der Waals surface area contributed by atoms with Crippen LogP contribution in [0.4, 0.5) is 0 Å². The molecule has 0 nitrogen and oxygen atoms in total. The van der Waals surface area contributed by atoms with Gasteiger partial charge in [-0.25, -0.2) is 0 Å². The molecule has 0 aromatic heterocycles. The van der Waals surface area contributed by atoms with Crippen molar-refractivity contribution in [2.45, 2.75) is 59.8 Å². The van der Waals surface area contributed by atoms with Gasteiger partial charge in [-0.05, 0) is 48.3 Å². The third-order valence-corrected chi connectivity index (χ3v) is 5.39. The molecule has 2 bridgehead atoms. The van der Waals surface area contributed by atoms with E-state index in [-0.39, 0.29) is 0 Å². The van der Waals surface area contributed by atoms with Crippen LogP contribution in [-0.2, 0) is 0 Å². The zero-order valence-corrected chi connectivity index (χ0v) is 10.3. The molecule has 0 aliphatic heterocycles. The van der Waals surface area contributed by atoms with Gasteiger partial charge in [0.1, 0.15) is 0 Å². The standard InChI is InChI=1S/C14H26/c1-5-6-10(2)12-8-7-11-9-13(12)14(11,3)4/h10-13H,5-9H2,1-4H3. The quantitative estimate of drug-likeness (QED) is 0.621. The molecule has 4 atom stereocenters. The molecular formula is C14H26. The molecule has 0 amide bonds. The molecule has 3 saturated carbocycles. The van der Waals surface area contributed by atoms with Crippen molar-refractivity contribution in [3.63, 3.8) is 0 Å². The Bertz CT molecular complexity index is 202. The van der Waals surface area contributed by atoms with Crippen molar-refractivity contribution < 1.29 is 0 Å². The molecule has 0 aromatic carbocycles. The van der Waals surface area contributed by atoms with Gasteiger partial charge >= 0.3 is 0 Å². The second-order valence-electron chi connectivity index (χ2n) is 6.37. The summed E-state index contributed by atoms with van der Waals surface area (Å²) in [6, 6.07) is 0. The summed E-state index contributed by atoms with van der Waals surface area (Å²) in [5.74, 6) is 4.15. The second kappa shape index (κ2) is 3.54. The van der Waals surface area contributed by atoms with E-state index in [0.717, 1.165) is 23.7 Å². The minimum absolute atomic E-state index is 0.685. The Morgan fingerprint density at radius 1 is 1.29 bits per heavy atom. The molecule has 3 rings (SSSR count). The lowest BCUT2D eigenvalue weighted by Crippen LogP contribution is -2.53. The van der Waals surface area contributed by atoms with Gasteiger partial charge < -0.3 is 0 Å². The van der Waals surface area contributed by atoms with E-state index >= 15 is 0 Å². The predicted octanol–water partition coefficient (Wildman–Crippen LogP) is 4.49. The third kappa shape index (κ3) is 1.42. The van der Waals surface area contributed by atoms with Crippen LogP contribution < -0.4 is 0 Å². The molecule has 0 heterocycles. The Morgan fingerprint density at radius 2 is 2.00 bits per heavy atom. The van der Waals surface area contributed by atoms with Crippen molar-refractivity contribution in [2.24, 2.45) is 29.1 Å². The topological polar surface area (TPSA) is 0 Å². The average molecular weight is 194 g/mol. The Morgan fingerprint density at radius 3 is 2.50 bits per heavy atom. The summed E-state index contributed by atoms with van der Waals surface area (Å²) in [6.07, 6.45) is 7.41. The van der Waals surface area contributed by atoms with E-state index in [9.17, 15) is 0 Å². The lowest BCUT2D eigenvalue weighted by Gasteiger charge is -2.61. The Balaban J connectivity index is 2.00. The number of fused-ring (bicyclic) bond motifs is 2. The van der Waals surface area contributed by atoms with Crippen molar-refractivity contribution in [3.05, 3.63) is 0 Å². The van der Waals surface area contributed by atoms with Crippen molar-refractivity contribution in [2.75, 3.05) is 0 Å². The summed E-state index contributed by atoms with van der Waals surface area (Å²) >= 11 is 0. The second-order valence-corrected chi connectivity index (χ2v) is 6.37. The minimum Gasteiger partial charge on any atom is -0.0654 e. The number of hydrogen-bond donors (Lipinski definition) is 0. The third-order valence-electron chi connectivity index (χ3n) is 5.39. The highest BCUT2D eigenvalue weighted by Crippen LogP contribution is 2.62. The number of hydrogen-bond acceptors (Lipinski definition) is 0. The molecule has 3 aliphatic carbocycles. The van der Waals surface area contributed by atoms with Crippen molar-refractivity contribution in [3.8, 4) is 0 Å². The van der Waals surface area contributed by atoms with Gasteiger partial charge in [0.05, 0.1) is 0 Å². The van der Waals surface area contributed by atoms with Gasteiger partial charge in [0, 0.05) is 0 Å². The summed E-state index contributed by atoms with van der Waals surface area (Å²) in [5, 5.41) is 0. The van der Waals surface area contributed by atoms with Gasteiger partial charge in [0.2, 0.25) is 0 Å². The van der Waals surface area contributed by atoms with E-state index in [1.54, 1.807) is 6.42 Å². The van der Waals surface area contributed by atoms with Crippen LogP contribution in [-0.4, -0.2) is 0 Å². The smallest absolute Gasteiger partial charge is 0.0295 e. The van der Waals surface area contributed by atoms with E-state index in [1.807, 2.05) is 0 Å². The van der Waals surface area contributed by atoms with Crippen molar-refractivity contribution in [1.82, 2.24) is 0 Å². The lowest BCUT2D eigenvalue weighted by atomic mass is 9.44. The highest BCUT2D eigenvalue weighted by atomic mass is 14.6. The van der Waals surface area contributed by atoms with Crippen LogP contribution in [0.3, 0.4) is 0 Å². The molecule has 0 heteroatoms. The maximum absolute atomic E-state index is 2.51. The van der Waals surface area contributed by atoms with E-state index in [4.69, 9.17) is 0 Å². The predicted molar refractivity (Wildman–Crippen MR) is 62.2 cm³/mol. The van der Waals surface area contributed by atoms with Crippen LogP contribution in [0.25, 0.3) is 0 Å². The van der Waals surface area contributed by atoms with Gasteiger partial charge in [0.25, 0.3) is 0 Å². The maximum Gasteiger partial charge on any atom is -0.0295 e. The van der Waals surface area contributed by atoms with Crippen molar-refractivity contribution >= 4 is 0 Å². The lowest BCUT2D eigenvalue weighted by molar-refractivity contribution is -0.120. The average Bonchev–Trinajstić information content (AvgIpc) is 2.18. The fourth-order valence-electron chi connectivity index (χ4n) is 4.22. The number of rotatable bonds is 3. The van der Waals surface area contributed by atoms with E-state index < -0.39 is 0 Å². The van der Waals surface area contributed by atoms with E-state index in [0.29, 0.717) is 5.41 Å². The molecule has 0 aromatic rings. The Hall–Kier alpha value is 0. The first-order valence-electron chi connectivity index (χ1n) is 6.57. The van der Waals surface area contributed by atoms with Gasteiger partial charge in [-0.15, -0.1) is 0 Å².